The summed E-state index contributed by atoms with van der Waals surface area (Å²) in [5.41, 5.74) is 5.92. The molecule has 98 valence electrons. The minimum absolute atomic E-state index is 0.245. The number of hydrogen-bond acceptors (Lipinski definition) is 5. The van der Waals surface area contributed by atoms with Crippen molar-refractivity contribution >= 4 is 11.6 Å². The maximum atomic E-state index is 11.0. The van der Waals surface area contributed by atoms with Gasteiger partial charge in [0.25, 0.3) is 5.91 Å². The number of hydrogen-bond donors (Lipinski definition) is 2. The molecule has 2 rings (SSSR count). The number of ether oxygens (including phenoxy) is 2. The van der Waals surface area contributed by atoms with E-state index in [1.54, 1.807) is 25.4 Å². The lowest BCUT2D eigenvalue weighted by Crippen LogP contribution is -2.39. The summed E-state index contributed by atoms with van der Waals surface area (Å²) >= 11 is 0. The van der Waals surface area contributed by atoms with Gasteiger partial charge in [-0.05, 0) is 12.1 Å². The van der Waals surface area contributed by atoms with Crippen LogP contribution in [0, 0.1) is 0 Å². The third kappa shape index (κ3) is 2.77. The van der Waals surface area contributed by atoms with Crippen molar-refractivity contribution in [2.75, 3.05) is 32.2 Å². The Balaban J connectivity index is 2.01. The number of primary amides is 1. The number of amides is 1. The number of carbonyl (C=O) groups is 1. The maximum Gasteiger partial charge on any atom is 0.267 e. The van der Waals surface area contributed by atoms with Gasteiger partial charge in [-0.25, -0.2) is 0 Å². The van der Waals surface area contributed by atoms with Crippen molar-refractivity contribution in [2.24, 2.45) is 5.73 Å². The molecule has 0 saturated carbocycles. The molecule has 2 heterocycles. The molecule has 0 bridgehead atoms. The van der Waals surface area contributed by atoms with Crippen LogP contribution >= 0.6 is 0 Å². The third-order valence-electron chi connectivity index (χ3n) is 3.13. The first-order valence-electron chi connectivity index (χ1n) is 5.78. The van der Waals surface area contributed by atoms with Crippen molar-refractivity contribution in [3.05, 3.63) is 24.0 Å². The van der Waals surface area contributed by atoms with Gasteiger partial charge in [0.05, 0.1) is 6.61 Å². The smallest absolute Gasteiger partial charge is 0.267 e. The van der Waals surface area contributed by atoms with Gasteiger partial charge >= 0.3 is 0 Å². The molecule has 3 N–H and O–H groups in total. The molecule has 6 nitrogen and oxygen atoms in total. The second-order valence-electron chi connectivity index (χ2n) is 4.34. The number of carbonyl (C=O) groups excluding carboxylic acids is 1. The molecule has 1 aromatic heterocycles. The maximum absolute atomic E-state index is 11.0. The molecule has 0 aliphatic carbocycles. The van der Waals surface area contributed by atoms with Crippen LogP contribution in [0.25, 0.3) is 0 Å². The molecule has 1 unspecified atom stereocenters. The van der Waals surface area contributed by atoms with Crippen LogP contribution in [-0.4, -0.2) is 43.4 Å². The lowest BCUT2D eigenvalue weighted by Gasteiger charge is -2.26. The molecule has 1 amide bonds. The van der Waals surface area contributed by atoms with Gasteiger partial charge in [-0.1, -0.05) is 0 Å². The summed E-state index contributed by atoms with van der Waals surface area (Å²) in [6, 6.07) is 3.41. The van der Waals surface area contributed by atoms with Crippen LogP contribution in [0.15, 0.2) is 18.3 Å². The Kier molecular flexibility index (Phi) is 3.78. The molecule has 0 aromatic carbocycles. The van der Waals surface area contributed by atoms with E-state index in [1.165, 1.54) is 0 Å². The molecule has 6 heteroatoms. The first-order chi connectivity index (χ1) is 8.65. The fourth-order valence-electron chi connectivity index (χ4n) is 1.90. The summed E-state index contributed by atoms with van der Waals surface area (Å²) in [4.78, 5) is 14.9. The van der Waals surface area contributed by atoms with E-state index in [0.717, 1.165) is 12.1 Å². The van der Waals surface area contributed by atoms with Gasteiger partial charge in [-0.2, -0.15) is 0 Å². The topological polar surface area (TPSA) is 86.5 Å². The van der Waals surface area contributed by atoms with E-state index in [2.05, 4.69) is 10.3 Å². The van der Waals surface area contributed by atoms with E-state index in [4.69, 9.17) is 15.2 Å². The second-order valence-corrected chi connectivity index (χ2v) is 4.34. The molecule has 1 atom stereocenters. The Hall–Kier alpha value is -1.66. The lowest BCUT2D eigenvalue weighted by molar-refractivity contribution is -0.00619. The highest BCUT2D eigenvalue weighted by atomic mass is 16.5. The highest BCUT2D eigenvalue weighted by Gasteiger charge is 2.34. The van der Waals surface area contributed by atoms with Crippen molar-refractivity contribution in [1.82, 2.24) is 4.98 Å². The van der Waals surface area contributed by atoms with Crippen LogP contribution in [0.3, 0.4) is 0 Å². The fourth-order valence-corrected chi connectivity index (χ4v) is 1.90. The van der Waals surface area contributed by atoms with Crippen molar-refractivity contribution in [1.29, 1.82) is 0 Å². The van der Waals surface area contributed by atoms with E-state index < -0.39 is 5.91 Å². The number of nitrogens with zero attached hydrogens (tertiary/aromatic N) is 1. The van der Waals surface area contributed by atoms with Gasteiger partial charge in [0, 0.05) is 38.6 Å². The van der Waals surface area contributed by atoms with Crippen LogP contribution in [0.5, 0.6) is 0 Å². The first-order valence-corrected chi connectivity index (χ1v) is 5.78. The molecule has 1 fully saturated rings. The van der Waals surface area contributed by atoms with Gasteiger partial charge in [0.2, 0.25) is 0 Å². The third-order valence-corrected chi connectivity index (χ3v) is 3.13. The highest BCUT2D eigenvalue weighted by molar-refractivity contribution is 5.91. The van der Waals surface area contributed by atoms with E-state index in [0.29, 0.717) is 19.8 Å². The average molecular weight is 251 g/mol. The number of aromatic nitrogens is 1. The van der Waals surface area contributed by atoms with Crippen molar-refractivity contribution in [3.63, 3.8) is 0 Å². The Morgan fingerprint density at radius 1 is 1.72 bits per heavy atom. The Morgan fingerprint density at radius 3 is 3.17 bits per heavy atom. The van der Waals surface area contributed by atoms with Gasteiger partial charge in [0.1, 0.15) is 11.3 Å². The van der Waals surface area contributed by atoms with Gasteiger partial charge in [-0.15, -0.1) is 0 Å². The van der Waals surface area contributed by atoms with Crippen LogP contribution in [0.4, 0.5) is 5.69 Å². The molecule has 1 aromatic rings. The number of rotatable bonds is 5. The van der Waals surface area contributed by atoms with E-state index in [9.17, 15) is 4.79 Å². The fraction of sp³-hybridized carbons (Fsp3) is 0.500. The molecule has 1 saturated heterocycles. The van der Waals surface area contributed by atoms with Crippen LogP contribution in [0.1, 0.15) is 16.9 Å². The van der Waals surface area contributed by atoms with Crippen LogP contribution in [-0.2, 0) is 9.47 Å². The largest absolute Gasteiger partial charge is 0.382 e. The quantitative estimate of drug-likeness (QED) is 0.791. The zero-order chi connectivity index (χ0) is 13.0. The summed E-state index contributed by atoms with van der Waals surface area (Å²) in [7, 11) is 1.68. The summed E-state index contributed by atoms with van der Waals surface area (Å²) in [5, 5.41) is 3.22. The molecular weight excluding hydrogens is 234 g/mol. The number of nitrogens with one attached hydrogen (secondary N) is 1. The zero-order valence-electron chi connectivity index (χ0n) is 10.3. The number of pyridine rings is 1. The van der Waals surface area contributed by atoms with Gasteiger partial charge in [0.15, 0.2) is 0 Å². The number of methoxy groups -OCH3 is 1. The summed E-state index contributed by atoms with van der Waals surface area (Å²) in [6.45, 7) is 1.90. The van der Waals surface area contributed by atoms with Crippen molar-refractivity contribution < 1.29 is 14.3 Å². The summed E-state index contributed by atoms with van der Waals surface area (Å²) in [5.74, 6) is -0.538. The highest BCUT2D eigenvalue weighted by Crippen LogP contribution is 2.23. The molecule has 18 heavy (non-hydrogen) atoms. The Morgan fingerprint density at radius 2 is 2.56 bits per heavy atom. The Bertz CT molecular complexity index is 430. The van der Waals surface area contributed by atoms with E-state index in [1.807, 2.05) is 0 Å². The summed E-state index contributed by atoms with van der Waals surface area (Å²) < 4.78 is 10.9. The summed E-state index contributed by atoms with van der Waals surface area (Å²) in [6.07, 6.45) is 2.40. The van der Waals surface area contributed by atoms with Crippen molar-refractivity contribution in [3.8, 4) is 0 Å². The monoisotopic (exact) mass is 251 g/mol. The minimum Gasteiger partial charge on any atom is -0.382 e. The molecular formula is C12H17N3O3. The van der Waals surface area contributed by atoms with Gasteiger partial charge < -0.3 is 20.5 Å². The average Bonchev–Trinajstić information content (AvgIpc) is 2.86. The number of anilines is 1. The van der Waals surface area contributed by atoms with Gasteiger partial charge in [-0.3, -0.25) is 9.78 Å². The molecule has 0 spiro atoms. The molecule has 0 radical (unpaired) electrons. The first kappa shape index (κ1) is 12.8. The number of nitrogens with two attached hydrogens (primary N) is 1. The van der Waals surface area contributed by atoms with E-state index >= 15 is 0 Å². The molecule has 1 aliphatic rings. The Labute approximate surface area is 105 Å². The zero-order valence-corrected chi connectivity index (χ0v) is 10.3. The minimum atomic E-state index is -0.538. The molecule has 1 aliphatic heterocycles. The van der Waals surface area contributed by atoms with E-state index in [-0.39, 0.29) is 11.3 Å². The van der Waals surface area contributed by atoms with Crippen molar-refractivity contribution in [2.45, 2.75) is 12.0 Å². The van der Waals surface area contributed by atoms with Crippen LogP contribution in [0.2, 0.25) is 0 Å². The SMILES string of the molecule is COC1(CNc2ccnc(C(N)=O)c2)CCOC1. The standard InChI is InChI=1S/C12H17N3O3/c1-17-12(3-5-18-8-12)7-15-9-2-4-14-10(6-9)11(13)16/h2,4,6H,3,5,7-8H2,1H3,(H2,13,16)(H,14,15). The second kappa shape index (κ2) is 5.32. The predicted octanol–water partition coefficient (Wildman–Crippen LogP) is 0.398. The lowest BCUT2D eigenvalue weighted by atomic mass is 10.0. The van der Waals surface area contributed by atoms with Crippen LogP contribution < -0.4 is 11.1 Å². The normalized spacial score (nSPS) is 22.9. The predicted molar refractivity (Wildman–Crippen MR) is 66.4 cm³/mol.